The van der Waals surface area contributed by atoms with E-state index in [9.17, 15) is 32.8 Å². The summed E-state index contributed by atoms with van der Waals surface area (Å²) in [5, 5.41) is 14.2. The molecule has 2 aliphatic carbocycles. The molecule has 2 aromatic heterocycles. The van der Waals surface area contributed by atoms with Crippen LogP contribution in [0.2, 0.25) is 0 Å². The molecule has 2 saturated carbocycles. The summed E-state index contributed by atoms with van der Waals surface area (Å²) in [6.07, 6.45) is 8.35. The Labute approximate surface area is 345 Å². The Balaban J connectivity index is 0.731. The summed E-state index contributed by atoms with van der Waals surface area (Å²) < 4.78 is 33.9. The van der Waals surface area contributed by atoms with Gasteiger partial charge in [0, 0.05) is 42.8 Å². The van der Waals surface area contributed by atoms with Crippen LogP contribution in [-0.4, -0.2) is 93.4 Å². The van der Waals surface area contributed by atoms with Crippen molar-refractivity contribution in [3.05, 3.63) is 77.2 Å². The van der Waals surface area contributed by atoms with E-state index in [1.165, 1.54) is 38.2 Å². The van der Waals surface area contributed by atoms with E-state index in [1.807, 2.05) is 16.9 Å². The van der Waals surface area contributed by atoms with Crippen molar-refractivity contribution in [3.8, 4) is 5.75 Å². The number of halogens is 2. The second-order valence-corrected chi connectivity index (χ2v) is 17.2. The fourth-order valence-electron chi connectivity index (χ4n) is 10.2. The average Bonchev–Trinajstić information content (AvgIpc) is 3.77. The molecule has 2 saturated heterocycles. The number of ether oxygens (including phenoxy) is 1. The molecule has 14 nitrogen and oxygen atoms in total. The molecule has 60 heavy (non-hydrogen) atoms. The van der Waals surface area contributed by atoms with E-state index in [2.05, 4.69) is 25.8 Å². The summed E-state index contributed by atoms with van der Waals surface area (Å²) in [4.78, 5) is 71.2. The Morgan fingerprint density at radius 1 is 0.950 bits per heavy atom. The fourth-order valence-corrected chi connectivity index (χ4v) is 10.2. The molecule has 4 fully saturated rings. The summed E-state index contributed by atoms with van der Waals surface area (Å²) in [5.41, 5.74) is 2.15. The van der Waals surface area contributed by atoms with Gasteiger partial charge < -0.3 is 20.3 Å². The number of carbonyl (C=O) groups excluding carboxylic acids is 5. The van der Waals surface area contributed by atoms with Gasteiger partial charge in [-0.15, -0.1) is 0 Å². The van der Waals surface area contributed by atoms with Crippen molar-refractivity contribution in [2.45, 2.75) is 82.7 Å². The SMILES string of the molecule is COc1cc2nn(C3CCC(CN4CCC5(CC4)CC(CNc4cccc6c4C(=O)N(C4CCC(=O)NC4=O)C6=O)C5)CC3)cc2cc1NC(=O)c1cccc(C(F)F)n1. The Bertz CT molecular complexity index is 2360. The Hall–Kier alpha value is -5.77. The molecule has 4 aromatic rings. The molecule has 5 aliphatic rings. The minimum atomic E-state index is -2.78. The van der Waals surface area contributed by atoms with Gasteiger partial charge in [0.25, 0.3) is 24.1 Å². The van der Waals surface area contributed by atoms with Gasteiger partial charge >= 0.3 is 0 Å². The van der Waals surface area contributed by atoms with Crippen molar-refractivity contribution in [2.24, 2.45) is 17.3 Å². The third-order valence-corrected chi connectivity index (χ3v) is 13.4. The lowest BCUT2D eigenvalue weighted by atomic mass is 9.57. The molecule has 9 rings (SSSR count). The summed E-state index contributed by atoms with van der Waals surface area (Å²) in [6, 6.07) is 12.0. The number of benzene rings is 2. The van der Waals surface area contributed by atoms with Gasteiger partial charge in [-0.2, -0.15) is 5.10 Å². The zero-order valence-corrected chi connectivity index (χ0v) is 33.4. The molecular formula is C44H48F2N8O6. The lowest BCUT2D eigenvalue weighted by Crippen LogP contribution is -2.54. The monoisotopic (exact) mass is 822 g/mol. The highest BCUT2D eigenvalue weighted by molar-refractivity contribution is 6.25. The first-order chi connectivity index (χ1) is 29.0. The molecular weight excluding hydrogens is 775 g/mol. The molecule has 5 heterocycles. The van der Waals surface area contributed by atoms with Crippen molar-refractivity contribution < 1.29 is 37.5 Å². The summed E-state index contributed by atoms with van der Waals surface area (Å²) in [6.45, 7) is 4.00. The largest absolute Gasteiger partial charge is 0.494 e. The number of pyridine rings is 1. The molecule has 0 bridgehead atoms. The topological polar surface area (TPSA) is 168 Å². The average molecular weight is 823 g/mol. The number of carbonyl (C=O) groups is 5. The highest BCUT2D eigenvalue weighted by atomic mass is 19.3. The van der Waals surface area contributed by atoms with Gasteiger partial charge in [0.1, 0.15) is 23.2 Å². The van der Waals surface area contributed by atoms with E-state index in [0.717, 1.165) is 74.0 Å². The number of hydrogen-bond donors (Lipinski definition) is 3. The summed E-state index contributed by atoms with van der Waals surface area (Å²) in [5.74, 6) is -1.08. The number of piperidine rings is 2. The predicted octanol–water partition coefficient (Wildman–Crippen LogP) is 6.37. The van der Waals surface area contributed by atoms with Gasteiger partial charge in [-0.1, -0.05) is 12.1 Å². The van der Waals surface area contributed by atoms with Crippen LogP contribution >= 0.6 is 0 Å². The van der Waals surface area contributed by atoms with E-state index in [-0.39, 0.29) is 30.1 Å². The number of aromatic nitrogens is 3. The first-order valence-electron chi connectivity index (χ1n) is 20.9. The summed E-state index contributed by atoms with van der Waals surface area (Å²) in [7, 11) is 1.50. The number of imide groups is 2. The number of nitrogens with one attached hydrogen (secondary N) is 3. The number of amides is 5. The van der Waals surface area contributed by atoms with E-state index in [4.69, 9.17) is 9.84 Å². The van der Waals surface area contributed by atoms with Crippen LogP contribution < -0.4 is 20.7 Å². The van der Waals surface area contributed by atoms with Crippen LogP contribution in [0.25, 0.3) is 10.9 Å². The lowest BCUT2D eigenvalue weighted by Gasteiger charge is -2.53. The molecule has 0 radical (unpaired) electrons. The zero-order valence-electron chi connectivity index (χ0n) is 33.4. The van der Waals surface area contributed by atoms with E-state index < -0.39 is 47.7 Å². The predicted molar refractivity (Wildman–Crippen MR) is 217 cm³/mol. The second-order valence-electron chi connectivity index (χ2n) is 17.2. The maximum Gasteiger partial charge on any atom is 0.280 e. The van der Waals surface area contributed by atoms with Crippen molar-refractivity contribution in [2.75, 3.05) is 43.9 Å². The van der Waals surface area contributed by atoms with E-state index >= 15 is 0 Å². The van der Waals surface area contributed by atoms with Crippen molar-refractivity contribution >= 4 is 51.8 Å². The van der Waals surface area contributed by atoms with Gasteiger partial charge in [0.05, 0.1) is 35.5 Å². The van der Waals surface area contributed by atoms with Gasteiger partial charge in [0.2, 0.25) is 11.8 Å². The normalized spacial score (nSPS) is 23.2. The number of nitrogens with zero attached hydrogens (tertiary/aromatic N) is 5. The molecule has 16 heteroatoms. The molecule has 1 atom stereocenters. The van der Waals surface area contributed by atoms with Gasteiger partial charge in [-0.25, -0.2) is 13.8 Å². The van der Waals surface area contributed by atoms with Crippen LogP contribution in [0.3, 0.4) is 0 Å². The molecule has 5 amide bonds. The van der Waals surface area contributed by atoms with E-state index in [0.29, 0.717) is 46.5 Å². The molecule has 2 aromatic carbocycles. The number of methoxy groups -OCH3 is 1. The second kappa shape index (κ2) is 16.0. The zero-order chi connectivity index (χ0) is 41.7. The van der Waals surface area contributed by atoms with Crippen LogP contribution in [0.5, 0.6) is 5.75 Å². The summed E-state index contributed by atoms with van der Waals surface area (Å²) >= 11 is 0. The highest BCUT2D eigenvalue weighted by Gasteiger charge is 2.47. The smallest absolute Gasteiger partial charge is 0.280 e. The Morgan fingerprint density at radius 2 is 1.72 bits per heavy atom. The maximum absolute atomic E-state index is 13.5. The Kier molecular flexibility index (Phi) is 10.6. The minimum absolute atomic E-state index is 0.0852. The number of hydrogen-bond acceptors (Lipinski definition) is 10. The van der Waals surface area contributed by atoms with Crippen LogP contribution in [0, 0.1) is 17.3 Å². The number of alkyl halides is 2. The highest BCUT2D eigenvalue weighted by Crippen LogP contribution is 2.53. The lowest BCUT2D eigenvalue weighted by molar-refractivity contribution is -0.136. The van der Waals surface area contributed by atoms with Gasteiger partial charge in [-0.3, -0.25) is 38.9 Å². The standard InChI is InChI=1S/C44H48F2N8O6/c1-60-36-19-33-27(18-34(36)49-40(56)32-7-3-6-31(48-32)39(45)46)24-53(51-33)28-10-8-25(9-11-28)23-52-16-14-44(15-17-52)20-26(21-44)22-47-30-5-2-4-29-38(30)43(59)54(42(29)58)35-12-13-37(55)50-41(35)57/h2-7,18-19,24-26,28,35,39,47H,8-17,20-23H2,1H3,(H,49,56)(H,50,55,57). The number of anilines is 2. The first-order valence-corrected chi connectivity index (χ1v) is 20.9. The third kappa shape index (κ3) is 7.61. The Morgan fingerprint density at radius 3 is 2.45 bits per heavy atom. The quantitative estimate of drug-likeness (QED) is 0.145. The van der Waals surface area contributed by atoms with Crippen LogP contribution in [0.15, 0.2) is 54.7 Å². The van der Waals surface area contributed by atoms with Gasteiger partial charge in [0.15, 0.2) is 0 Å². The molecule has 1 spiro atoms. The van der Waals surface area contributed by atoms with Crippen LogP contribution in [-0.2, 0) is 9.59 Å². The molecule has 314 valence electrons. The van der Waals surface area contributed by atoms with E-state index in [1.54, 1.807) is 24.3 Å². The first kappa shape index (κ1) is 39.7. The third-order valence-electron chi connectivity index (χ3n) is 13.4. The molecule has 1 unspecified atom stereocenters. The van der Waals surface area contributed by atoms with Crippen LogP contribution in [0.4, 0.5) is 20.2 Å². The van der Waals surface area contributed by atoms with Crippen molar-refractivity contribution in [1.82, 2.24) is 29.9 Å². The molecule has 3 N–H and O–H groups in total. The fraction of sp³-hybridized carbons (Fsp3) is 0.477. The van der Waals surface area contributed by atoms with Gasteiger partial charge in [-0.05, 0) is 118 Å². The van der Waals surface area contributed by atoms with Crippen molar-refractivity contribution in [3.63, 3.8) is 0 Å². The molecule has 3 aliphatic heterocycles. The number of likely N-dealkylation sites (tertiary alicyclic amines) is 1. The van der Waals surface area contributed by atoms with Crippen molar-refractivity contribution in [1.29, 1.82) is 0 Å². The number of fused-ring (bicyclic) bond motifs is 2. The maximum atomic E-state index is 13.5. The van der Waals surface area contributed by atoms with Crippen LogP contribution in [0.1, 0.15) is 114 Å². The minimum Gasteiger partial charge on any atom is -0.494 e. The number of rotatable bonds is 11.